The number of rotatable bonds is 5. The zero-order valence-electron chi connectivity index (χ0n) is 9.75. The minimum Gasteiger partial charge on any atom is -0.466 e. The van der Waals surface area contributed by atoms with Gasteiger partial charge in [0, 0.05) is 25.6 Å². The summed E-state index contributed by atoms with van der Waals surface area (Å²) in [5.41, 5.74) is 0. The SMILES string of the molecule is CCOC(=O)CCNC1CCCNC(=O)C1. The fraction of sp³-hybridized carbons (Fsp3) is 0.818. The van der Waals surface area contributed by atoms with E-state index in [1.165, 1.54) is 0 Å². The Morgan fingerprint density at radius 1 is 1.62 bits per heavy atom. The molecule has 92 valence electrons. The van der Waals surface area contributed by atoms with Crippen LogP contribution in [0, 0.1) is 0 Å². The van der Waals surface area contributed by atoms with E-state index in [0.29, 0.717) is 26.0 Å². The van der Waals surface area contributed by atoms with Crippen molar-refractivity contribution in [3.63, 3.8) is 0 Å². The van der Waals surface area contributed by atoms with Gasteiger partial charge >= 0.3 is 5.97 Å². The molecule has 0 saturated carbocycles. The maximum atomic E-state index is 11.3. The van der Waals surface area contributed by atoms with Crippen LogP contribution in [0.15, 0.2) is 0 Å². The Kier molecular flexibility index (Phi) is 5.85. The monoisotopic (exact) mass is 228 g/mol. The highest BCUT2D eigenvalue weighted by molar-refractivity contribution is 5.76. The van der Waals surface area contributed by atoms with E-state index >= 15 is 0 Å². The zero-order valence-corrected chi connectivity index (χ0v) is 9.75. The summed E-state index contributed by atoms with van der Waals surface area (Å²) >= 11 is 0. The van der Waals surface area contributed by atoms with Crippen LogP contribution in [0.25, 0.3) is 0 Å². The third-order valence-electron chi connectivity index (χ3n) is 2.55. The summed E-state index contributed by atoms with van der Waals surface area (Å²) in [5, 5.41) is 6.04. The first-order valence-corrected chi connectivity index (χ1v) is 5.88. The van der Waals surface area contributed by atoms with Crippen molar-refractivity contribution in [3.8, 4) is 0 Å². The lowest BCUT2D eigenvalue weighted by molar-refractivity contribution is -0.143. The van der Waals surface area contributed by atoms with Crippen LogP contribution in [-0.4, -0.2) is 37.6 Å². The molecule has 1 unspecified atom stereocenters. The van der Waals surface area contributed by atoms with E-state index in [1.54, 1.807) is 6.92 Å². The van der Waals surface area contributed by atoms with E-state index < -0.39 is 0 Å². The van der Waals surface area contributed by atoms with Crippen LogP contribution in [0.5, 0.6) is 0 Å². The molecule has 1 rings (SSSR count). The van der Waals surface area contributed by atoms with Gasteiger partial charge in [-0.1, -0.05) is 0 Å². The summed E-state index contributed by atoms with van der Waals surface area (Å²) in [6, 6.07) is 0.192. The van der Waals surface area contributed by atoms with Crippen LogP contribution in [0.2, 0.25) is 0 Å². The predicted octanol–water partition coefficient (Wildman–Crippen LogP) is 0.198. The molecule has 0 aromatic rings. The van der Waals surface area contributed by atoms with Crippen LogP contribution in [0.4, 0.5) is 0 Å². The van der Waals surface area contributed by atoms with Crippen molar-refractivity contribution in [2.45, 2.75) is 38.6 Å². The van der Waals surface area contributed by atoms with Gasteiger partial charge in [-0.2, -0.15) is 0 Å². The lowest BCUT2D eigenvalue weighted by atomic mass is 10.1. The average molecular weight is 228 g/mol. The fourth-order valence-corrected chi connectivity index (χ4v) is 1.76. The average Bonchev–Trinajstić information content (AvgIpc) is 2.43. The molecule has 0 aromatic heterocycles. The molecule has 16 heavy (non-hydrogen) atoms. The molecule has 0 aliphatic carbocycles. The van der Waals surface area contributed by atoms with Crippen LogP contribution >= 0.6 is 0 Å². The van der Waals surface area contributed by atoms with Gasteiger partial charge in [0.05, 0.1) is 13.0 Å². The molecular weight excluding hydrogens is 208 g/mol. The maximum absolute atomic E-state index is 11.3. The highest BCUT2D eigenvalue weighted by Gasteiger charge is 2.16. The maximum Gasteiger partial charge on any atom is 0.307 e. The minimum absolute atomic E-state index is 0.0890. The van der Waals surface area contributed by atoms with Crippen molar-refractivity contribution in [3.05, 3.63) is 0 Å². The topological polar surface area (TPSA) is 67.4 Å². The van der Waals surface area contributed by atoms with Gasteiger partial charge in [0.15, 0.2) is 0 Å². The third-order valence-corrected chi connectivity index (χ3v) is 2.55. The lowest BCUT2D eigenvalue weighted by Crippen LogP contribution is -2.34. The molecule has 0 aromatic carbocycles. The fourth-order valence-electron chi connectivity index (χ4n) is 1.76. The minimum atomic E-state index is -0.187. The van der Waals surface area contributed by atoms with Gasteiger partial charge in [0.2, 0.25) is 5.91 Å². The summed E-state index contributed by atoms with van der Waals surface area (Å²) in [6.45, 7) is 3.55. The first-order chi connectivity index (χ1) is 7.72. The van der Waals surface area contributed by atoms with Gasteiger partial charge in [0.1, 0.15) is 0 Å². The molecule has 1 amide bonds. The van der Waals surface area contributed by atoms with Crippen LogP contribution < -0.4 is 10.6 Å². The number of hydrogen-bond acceptors (Lipinski definition) is 4. The molecule has 5 nitrogen and oxygen atoms in total. The van der Waals surface area contributed by atoms with E-state index in [0.717, 1.165) is 19.4 Å². The Hall–Kier alpha value is -1.10. The largest absolute Gasteiger partial charge is 0.466 e. The number of hydrogen-bond donors (Lipinski definition) is 2. The van der Waals surface area contributed by atoms with Crippen molar-refractivity contribution < 1.29 is 14.3 Å². The van der Waals surface area contributed by atoms with Crippen molar-refractivity contribution >= 4 is 11.9 Å². The zero-order chi connectivity index (χ0) is 11.8. The smallest absolute Gasteiger partial charge is 0.307 e. The summed E-state index contributed by atoms with van der Waals surface area (Å²) < 4.78 is 4.82. The highest BCUT2D eigenvalue weighted by Crippen LogP contribution is 2.05. The summed E-state index contributed by atoms with van der Waals surface area (Å²) in [4.78, 5) is 22.3. The van der Waals surface area contributed by atoms with Crippen LogP contribution in [-0.2, 0) is 14.3 Å². The van der Waals surface area contributed by atoms with Gasteiger partial charge < -0.3 is 15.4 Å². The summed E-state index contributed by atoms with van der Waals surface area (Å²) in [7, 11) is 0. The van der Waals surface area contributed by atoms with Crippen LogP contribution in [0.3, 0.4) is 0 Å². The Morgan fingerprint density at radius 2 is 2.44 bits per heavy atom. The van der Waals surface area contributed by atoms with E-state index in [1.807, 2.05) is 0 Å². The second kappa shape index (κ2) is 7.22. The summed E-state index contributed by atoms with van der Waals surface area (Å²) in [6.07, 6.45) is 2.83. The molecule has 1 saturated heterocycles. The molecule has 0 radical (unpaired) electrons. The quantitative estimate of drug-likeness (QED) is 0.660. The van der Waals surface area contributed by atoms with E-state index in [2.05, 4.69) is 10.6 Å². The third kappa shape index (κ3) is 5.11. The van der Waals surface area contributed by atoms with Crippen molar-refractivity contribution in [2.24, 2.45) is 0 Å². The first-order valence-electron chi connectivity index (χ1n) is 5.88. The number of carbonyl (C=O) groups excluding carboxylic acids is 2. The van der Waals surface area contributed by atoms with Crippen molar-refractivity contribution in [1.29, 1.82) is 0 Å². The normalized spacial score (nSPS) is 21.1. The van der Waals surface area contributed by atoms with E-state index in [9.17, 15) is 9.59 Å². The number of carbonyl (C=O) groups is 2. The summed E-state index contributed by atoms with van der Waals surface area (Å²) in [5.74, 6) is -0.0980. The number of ether oxygens (including phenoxy) is 1. The standard InChI is InChI=1S/C11H20N2O3/c1-2-16-11(15)5-7-12-9-4-3-6-13-10(14)8-9/h9,12H,2-8H2,1H3,(H,13,14). The Balaban J connectivity index is 2.16. The van der Waals surface area contributed by atoms with Gasteiger partial charge in [-0.3, -0.25) is 9.59 Å². The molecule has 1 fully saturated rings. The molecular formula is C11H20N2O3. The number of amides is 1. The van der Waals surface area contributed by atoms with Gasteiger partial charge in [0.25, 0.3) is 0 Å². The number of esters is 1. The number of nitrogens with one attached hydrogen (secondary N) is 2. The molecule has 0 bridgehead atoms. The molecule has 1 heterocycles. The molecule has 1 aliphatic rings. The Labute approximate surface area is 95.9 Å². The second-order valence-electron chi connectivity index (χ2n) is 3.90. The van der Waals surface area contributed by atoms with E-state index in [-0.39, 0.29) is 17.9 Å². The molecule has 0 spiro atoms. The lowest BCUT2D eigenvalue weighted by Gasteiger charge is -2.14. The first kappa shape index (κ1) is 13.0. The molecule has 5 heteroatoms. The van der Waals surface area contributed by atoms with Gasteiger partial charge in [-0.05, 0) is 19.8 Å². The molecule has 2 N–H and O–H groups in total. The van der Waals surface area contributed by atoms with Gasteiger partial charge in [-0.25, -0.2) is 0 Å². The Morgan fingerprint density at radius 3 is 3.19 bits per heavy atom. The van der Waals surface area contributed by atoms with Crippen molar-refractivity contribution in [2.75, 3.05) is 19.7 Å². The van der Waals surface area contributed by atoms with Gasteiger partial charge in [-0.15, -0.1) is 0 Å². The Bertz CT molecular complexity index is 243. The van der Waals surface area contributed by atoms with E-state index in [4.69, 9.17) is 4.74 Å². The van der Waals surface area contributed by atoms with Crippen molar-refractivity contribution in [1.82, 2.24) is 10.6 Å². The second-order valence-corrected chi connectivity index (χ2v) is 3.90. The molecule has 1 atom stereocenters. The van der Waals surface area contributed by atoms with Crippen LogP contribution in [0.1, 0.15) is 32.6 Å². The highest BCUT2D eigenvalue weighted by atomic mass is 16.5. The predicted molar refractivity (Wildman–Crippen MR) is 59.9 cm³/mol. The molecule has 1 aliphatic heterocycles.